The Morgan fingerprint density at radius 2 is 2.24 bits per heavy atom. The third kappa shape index (κ3) is 2.61. The number of alkyl halides is 1. The van der Waals surface area contributed by atoms with Crippen molar-refractivity contribution < 1.29 is 19.7 Å². The van der Waals surface area contributed by atoms with Crippen LogP contribution in [-0.4, -0.2) is 49.4 Å². The minimum Gasteiger partial charge on any atom is -0.393 e. The highest BCUT2D eigenvalue weighted by Gasteiger charge is 2.55. The predicted molar refractivity (Wildman–Crippen MR) is 75.9 cm³/mol. The van der Waals surface area contributed by atoms with Crippen LogP contribution < -0.4 is 11.2 Å². The molecule has 0 bridgehead atoms. The van der Waals surface area contributed by atoms with E-state index in [-0.39, 0.29) is 5.56 Å². The highest BCUT2D eigenvalue weighted by atomic mass is 79.9. The van der Waals surface area contributed by atoms with Crippen LogP contribution in [0.25, 0.3) is 6.08 Å². The molecule has 1 saturated carbocycles. The third-order valence-electron chi connectivity index (χ3n) is 3.67. The highest BCUT2D eigenvalue weighted by molar-refractivity contribution is 9.11. The number of hydrogen-bond donors (Lipinski definition) is 4. The van der Waals surface area contributed by atoms with Crippen molar-refractivity contribution in [3.63, 3.8) is 0 Å². The number of aliphatic hydroxyl groups excluding tert-OH is 2. The van der Waals surface area contributed by atoms with Crippen LogP contribution in [0, 0.1) is 0 Å². The molecular weight excluding hydrogens is 351 g/mol. The number of H-pyrrole nitrogens is 1. The summed E-state index contributed by atoms with van der Waals surface area (Å²) in [7, 11) is 0. The molecule has 0 saturated heterocycles. The summed E-state index contributed by atoms with van der Waals surface area (Å²) in [5.74, 6) is 0. The van der Waals surface area contributed by atoms with Crippen LogP contribution in [-0.2, 0) is 0 Å². The molecule has 1 fully saturated rings. The summed E-state index contributed by atoms with van der Waals surface area (Å²) in [6.07, 6.45) is -1.27. The fourth-order valence-electron chi connectivity index (χ4n) is 2.56. The van der Waals surface area contributed by atoms with Crippen LogP contribution in [0.15, 0.2) is 20.8 Å². The molecular formula is C12H14BrFN2O5. The van der Waals surface area contributed by atoms with Gasteiger partial charge in [0, 0.05) is 12.6 Å². The first-order valence-electron chi connectivity index (χ1n) is 6.12. The summed E-state index contributed by atoms with van der Waals surface area (Å²) < 4.78 is 14.9. The zero-order valence-electron chi connectivity index (χ0n) is 10.7. The summed E-state index contributed by atoms with van der Waals surface area (Å²) in [5, 5.41) is 29.2. The Labute approximate surface area is 126 Å². The zero-order valence-corrected chi connectivity index (χ0v) is 12.3. The Morgan fingerprint density at radius 3 is 2.81 bits per heavy atom. The second-order valence-corrected chi connectivity index (χ2v) is 5.43. The van der Waals surface area contributed by atoms with E-state index in [1.807, 2.05) is 4.98 Å². The van der Waals surface area contributed by atoms with Gasteiger partial charge in [0.1, 0.15) is 17.8 Å². The largest absolute Gasteiger partial charge is 0.393 e. The lowest BCUT2D eigenvalue weighted by atomic mass is 9.96. The number of rotatable bonds is 3. The number of aromatic amines is 1. The highest BCUT2D eigenvalue weighted by Crippen LogP contribution is 2.40. The number of aromatic nitrogens is 2. The summed E-state index contributed by atoms with van der Waals surface area (Å²) >= 11 is 2.98. The molecule has 1 aliphatic rings. The Morgan fingerprint density at radius 1 is 1.57 bits per heavy atom. The van der Waals surface area contributed by atoms with Gasteiger partial charge in [-0.2, -0.15) is 0 Å². The fourth-order valence-corrected chi connectivity index (χ4v) is 2.85. The lowest BCUT2D eigenvalue weighted by molar-refractivity contribution is -0.110. The van der Waals surface area contributed by atoms with Crippen LogP contribution in [0.4, 0.5) is 4.39 Å². The first-order chi connectivity index (χ1) is 9.85. The van der Waals surface area contributed by atoms with Crippen LogP contribution in [0.3, 0.4) is 0 Å². The van der Waals surface area contributed by atoms with Crippen LogP contribution in [0.5, 0.6) is 0 Å². The van der Waals surface area contributed by atoms with Crippen LogP contribution in [0.1, 0.15) is 18.0 Å². The second kappa shape index (κ2) is 5.84. The van der Waals surface area contributed by atoms with Crippen LogP contribution >= 0.6 is 15.9 Å². The summed E-state index contributed by atoms with van der Waals surface area (Å²) in [5.41, 5.74) is -3.74. The van der Waals surface area contributed by atoms with E-state index in [2.05, 4.69) is 15.9 Å². The van der Waals surface area contributed by atoms with Gasteiger partial charge in [0.05, 0.1) is 18.3 Å². The molecule has 1 aliphatic carbocycles. The van der Waals surface area contributed by atoms with Crippen molar-refractivity contribution in [2.24, 2.45) is 0 Å². The molecule has 0 radical (unpaired) electrons. The fraction of sp³-hybridized carbons (Fsp3) is 0.500. The van der Waals surface area contributed by atoms with Crippen molar-refractivity contribution >= 4 is 22.0 Å². The molecule has 116 valence electrons. The number of hydrogen-bond acceptors (Lipinski definition) is 5. The molecule has 4 N–H and O–H groups in total. The van der Waals surface area contributed by atoms with E-state index in [0.717, 1.165) is 10.8 Å². The molecule has 0 aliphatic heterocycles. The van der Waals surface area contributed by atoms with Crippen molar-refractivity contribution in [1.82, 2.24) is 9.55 Å². The van der Waals surface area contributed by atoms with Gasteiger partial charge in [-0.3, -0.25) is 14.3 Å². The van der Waals surface area contributed by atoms with Gasteiger partial charge in [0.15, 0.2) is 0 Å². The topological polar surface area (TPSA) is 116 Å². The van der Waals surface area contributed by atoms with E-state index in [1.54, 1.807) is 0 Å². The molecule has 9 heteroatoms. The van der Waals surface area contributed by atoms with E-state index in [9.17, 15) is 29.3 Å². The lowest BCUT2D eigenvalue weighted by Gasteiger charge is -2.32. The van der Waals surface area contributed by atoms with Gasteiger partial charge < -0.3 is 15.3 Å². The van der Waals surface area contributed by atoms with Crippen molar-refractivity contribution in [2.75, 3.05) is 6.61 Å². The van der Waals surface area contributed by atoms with Crippen molar-refractivity contribution in [1.29, 1.82) is 0 Å². The van der Waals surface area contributed by atoms with Gasteiger partial charge in [-0.1, -0.05) is 15.9 Å². The quantitative estimate of drug-likeness (QED) is 0.564. The van der Waals surface area contributed by atoms with Crippen molar-refractivity contribution in [2.45, 2.75) is 30.3 Å². The molecule has 1 heterocycles. The third-order valence-corrected chi connectivity index (χ3v) is 3.94. The lowest BCUT2D eigenvalue weighted by Crippen LogP contribution is -2.51. The predicted octanol–water partition coefficient (Wildman–Crippen LogP) is -0.731. The SMILES string of the molecule is O=c1[nH]c(=O)n(C2C(F)CC(O)C2(O)CO)cc1C=CBr. The minimum atomic E-state index is -2.20. The van der Waals surface area contributed by atoms with Gasteiger partial charge >= 0.3 is 5.69 Å². The van der Waals surface area contributed by atoms with Gasteiger partial charge in [0.25, 0.3) is 5.56 Å². The van der Waals surface area contributed by atoms with E-state index < -0.39 is 48.2 Å². The van der Waals surface area contributed by atoms with Crippen LogP contribution in [0.2, 0.25) is 0 Å². The Hall–Kier alpha value is -1.29. The Bertz CT molecular complexity index is 672. The number of halogens is 2. The normalized spacial score (nSPS) is 32.9. The minimum absolute atomic E-state index is 0.0559. The molecule has 0 spiro atoms. The zero-order chi connectivity index (χ0) is 15.8. The van der Waals surface area contributed by atoms with Crippen molar-refractivity contribution in [3.8, 4) is 0 Å². The number of nitrogens with zero attached hydrogens (tertiary/aromatic N) is 1. The summed E-state index contributed by atoms with van der Waals surface area (Å²) in [6, 6.07) is -1.50. The Kier molecular flexibility index (Phi) is 4.47. The standard InChI is InChI=1S/C12H14BrFN2O5/c13-2-1-6-4-16(11(20)15-10(6)19)9-7(14)3-8(18)12(9,21)5-17/h1-2,4,7-9,17-18,21H,3,5H2,(H,15,19,20). The second-order valence-electron chi connectivity index (χ2n) is 4.91. The van der Waals surface area contributed by atoms with E-state index in [0.29, 0.717) is 0 Å². The molecule has 4 unspecified atom stereocenters. The molecule has 0 amide bonds. The van der Waals surface area contributed by atoms with Crippen molar-refractivity contribution in [3.05, 3.63) is 37.6 Å². The smallest absolute Gasteiger partial charge is 0.328 e. The Balaban J connectivity index is 2.62. The van der Waals surface area contributed by atoms with Gasteiger partial charge in [0.2, 0.25) is 0 Å². The maximum Gasteiger partial charge on any atom is 0.328 e. The maximum absolute atomic E-state index is 14.1. The number of aliphatic hydroxyl groups is 3. The molecule has 0 aromatic carbocycles. The van der Waals surface area contributed by atoms with Gasteiger partial charge in [-0.05, 0) is 11.1 Å². The molecule has 2 rings (SSSR count). The maximum atomic E-state index is 14.1. The van der Waals surface area contributed by atoms with E-state index >= 15 is 0 Å². The average molecular weight is 365 g/mol. The molecule has 1 aromatic rings. The summed E-state index contributed by atoms with van der Waals surface area (Å²) in [6.45, 7) is -0.922. The monoisotopic (exact) mass is 364 g/mol. The first-order valence-corrected chi connectivity index (χ1v) is 7.04. The average Bonchev–Trinajstić information content (AvgIpc) is 2.65. The molecule has 1 aromatic heterocycles. The van der Waals surface area contributed by atoms with E-state index in [4.69, 9.17) is 0 Å². The van der Waals surface area contributed by atoms with Gasteiger partial charge in [-0.25, -0.2) is 9.18 Å². The molecule has 7 nitrogen and oxygen atoms in total. The molecule has 4 atom stereocenters. The van der Waals surface area contributed by atoms with Gasteiger partial charge in [-0.15, -0.1) is 0 Å². The van der Waals surface area contributed by atoms with E-state index in [1.165, 1.54) is 11.1 Å². The molecule has 21 heavy (non-hydrogen) atoms. The first kappa shape index (κ1) is 16.1. The number of nitrogens with one attached hydrogen (secondary N) is 1. The summed E-state index contributed by atoms with van der Waals surface area (Å²) in [4.78, 5) is 26.8.